The number of pyridine rings is 1. The Labute approximate surface area is 160 Å². The molecule has 0 saturated heterocycles. The molecule has 0 amide bonds. The number of halogens is 4. The maximum absolute atomic E-state index is 13.2. The summed E-state index contributed by atoms with van der Waals surface area (Å²) in [5.41, 5.74) is -1.35. The quantitative estimate of drug-likeness (QED) is 0.712. The van der Waals surface area contributed by atoms with Crippen LogP contribution in [-0.2, 0) is 10.9 Å². The first-order chi connectivity index (χ1) is 12.5. The van der Waals surface area contributed by atoms with E-state index in [-0.39, 0.29) is 39.8 Å². The van der Waals surface area contributed by atoms with Crippen molar-refractivity contribution in [1.29, 1.82) is 0 Å². The van der Waals surface area contributed by atoms with Crippen LogP contribution in [-0.4, -0.2) is 32.7 Å². The van der Waals surface area contributed by atoms with Crippen molar-refractivity contribution >= 4 is 28.5 Å². The fourth-order valence-corrected chi connectivity index (χ4v) is 3.46. The van der Waals surface area contributed by atoms with Gasteiger partial charge in [-0.15, -0.1) is 0 Å². The van der Waals surface area contributed by atoms with Crippen LogP contribution in [0.15, 0.2) is 12.4 Å². The Balaban J connectivity index is 1.75. The van der Waals surface area contributed by atoms with E-state index in [1.165, 1.54) is 6.20 Å². The molecule has 0 atom stereocenters. The SMILES string of the molecule is CC(C)(C)O[C@H]1CC[C@H](Nc2ncc3c(Cl)ncc(C(F)(F)F)c3n2)CC1. The summed E-state index contributed by atoms with van der Waals surface area (Å²) in [6.45, 7) is 6.08. The highest BCUT2D eigenvalue weighted by atomic mass is 35.5. The van der Waals surface area contributed by atoms with E-state index in [9.17, 15) is 13.2 Å². The molecule has 3 rings (SSSR count). The summed E-state index contributed by atoms with van der Waals surface area (Å²) in [7, 11) is 0. The van der Waals surface area contributed by atoms with Crippen molar-refractivity contribution in [1.82, 2.24) is 15.0 Å². The van der Waals surface area contributed by atoms with E-state index in [1.807, 2.05) is 20.8 Å². The Hall–Kier alpha value is -1.67. The van der Waals surface area contributed by atoms with Gasteiger partial charge in [-0.2, -0.15) is 13.2 Å². The van der Waals surface area contributed by atoms with Gasteiger partial charge in [0.1, 0.15) is 10.7 Å². The molecule has 1 saturated carbocycles. The summed E-state index contributed by atoms with van der Waals surface area (Å²) in [5, 5.41) is 3.18. The molecule has 0 unspecified atom stereocenters. The minimum atomic E-state index is -4.57. The molecule has 27 heavy (non-hydrogen) atoms. The number of alkyl halides is 3. The topological polar surface area (TPSA) is 59.9 Å². The molecule has 2 heterocycles. The van der Waals surface area contributed by atoms with Crippen LogP contribution in [0, 0.1) is 0 Å². The average Bonchev–Trinajstić information content (AvgIpc) is 2.54. The van der Waals surface area contributed by atoms with E-state index >= 15 is 0 Å². The molecule has 0 aliphatic heterocycles. The Kier molecular flexibility index (Phi) is 5.49. The molecule has 1 fully saturated rings. The fraction of sp³-hybridized carbons (Fsp3) is 0.611. The lowest BCUT2D eigenvalue weighted by Gasteiger charge is -2.33. The number of nitrogens with one attached hydrogen (secondary N) is 1. The summed E-state index contributed by atoms with van der Waals surface area (Å²) >= 11 is 5.90. The molecule has 9 heteroatoms. The maximum atomic E-state index is 13.2. The molecule has 2 aromatic heterocycles. The summed E-state index contributed by atoms with van der Waals surface area (Å²) in [6.07, 6.45) is 1.06. The standard InChI is InChI=1S/C18H22ClF3N4O/c1-17(2,3)27-11-6-4-10(5-7-11)25-16-24-8-12-14(26-16)13(18(20,21)22)9-23-15(12)19/h8-11H,4-7H2,1-3H3,(H,24,25,26)/t10-,11-. The third kappa shape index (κ3) is 4.99. The molecule has 1 aliphatic rings. The van der Waals surface area contributed by atoms with E-state index in [1.54, 1.807) is 0 Å². The van der Waals surface area contributed by atoms with E-state index < -0.39 is 11.7 Å². The van der Waals surface area contributed by atoms with E-state index in [4.69, 9.17) is 16.3 Å². The Morgan fingerprint density at radius 1 is 1.07 bits per heavy atom. The second-order valence-corrected chi connectivity index (χ2v) is 8.12. The molecular weight excluding hydrogens is 381 g/mol. The lowest BCUT2D eigenvalue weighted by molar-refractivity contribution is -0.136. The van der Waals surface area contributed by atoms with Gasteiger partial charge in [0.25, 0.3) is 0 Å². The zero-order valence-electron chi connectivity index (χ0n) is 15.4. The monoisotopic (exact) mass is 402 g/mol. The zero-order valence-corrected chi connectivity index (χ0v) is 16.2. The molecule has 0 radical (unpaired) electrons. The third-order valence-electron chi connectivity index (χ3n) is 4.41. The molecule has 148 valence electrons. The van der Waals surface area contributed by atoms with Crippen LogP contribution < -0.4 is 5.32 Å². The van der Waals surface area contributed by atoms with Crippen molar-refractivity contribution in [2.75, 3.05) is 5.32 Å². The molecular formula is C18H22ClF3N4O. The van der Waals surface area contributed by atoms with Crippen molar-refractivity contribution in [3.63, 3.8) is 0 Å². The van der Waals surface area contributed by atoms with E-state index in [2.05, 4.69) is 20.3 Å². The van der Waals surface area contributed by atoms with Gasteiger partial charge in [0, 0.05) is 18.4 Å². The van der Waals surface area contributed by atoms with Crippen LogP contribution >= 0.6 is 11.6 Å². The average molecular weight is 403 g/mol. The normalized spacial score (nSPS) is 21.4. The van der Waals surface area contributed by atoms with Gasteiger partial charge in [-0.3, -0.25) is 0 Å². The molecule has 0 aromatic carbocycles. The molecule has 1 N–H and O–H groups in total. The highest BCUT2D eigenvalue weighted by molar-refractivity contribution is 6.34. The lowest BCUT2D eigenvalue weighted by atomic mass is 9.92. The Morgan fingerprint density at radius 3 is 2.33 bits per heavy atom. The first kappa shape index (κ1) is 20.1. The van der Waals surface area contributed by atoms with Gasteiger partial charge >= 0.3 is 6.18 Å². The van der Waals surface area contributed by atoms with Crippen molar-refractivity contribution in [3.05, 3.63) is 23.1 Å². The number of nitrogens with zero attached hydrogens (tertiary/aromatic N) is 3. The van der Waals surface area contributed by atoms with Crippen LogP contribution in [0.3, 0.4) is 0 Å². The van der Waals surface area contributed by atoms with Crippen molar-refractivity contribution in [3.8, 4) is 0 Å². The molecule has 0 bridgehead atoms. The summed E-state index contributed by atoms with van der Waals surface area (Å²) < 4.78 is 45.7. The molecule has 5 nitrogen and oxygen atoms in total. The summed E-state index contributed by atoms with van der Waals surface area (Å²) in [6, 6.07) is 0.0916. The second-order valence-electron chi connectivity index (χ2n) is 7.76. The number of hydrogen-bond donors (Lipinski definition) is 1. The second kappa shape index (κ2) is 7.39. The van der Waals surface area contributed by atoms with Crippen LogP contribution in [0.4, 0.5) is 19.1 Å². The van der Waals surface area contributed by atoms with E-state index in [0.717, 1.165) is 25.7 Å². The number of ether oxygens (including phenoxy) is 1. The number of aromatic nitrogens is 3. The molecule has 1 aliphatic carbocycles. The first-order valence-electron chi connectivity index (χ1n) is 8.86. The van der Waals surface area contributed by atoms with Gasteiger partial charge in [-0.25, -0.2) is 15.0 Å². The van der Waals surface area contributed by atoms with E-state index in [0.29, 0.717) is 6.20 Å². The van der Waals surface area contributed by atoms with Gasteiger partial charge < -0.3 is 10.1 Å². The van der Waals surface area contributed by atoms with Crippen molar-refractivity contribution < 1.29 is 17.9 Å². The van der Waals surface area contributed by atoms with Crippen molar-refractivity contribution in [2.45, 2.75) is 70.4 Å². The van der Waals surface area contributed by atoms with Crippen molar-refractivity contribution in [2.24, 2.45) is 0 Å². The number of anilines is 1. The van der Waals surface area contributed by atoms with Crippen LogP contribution in [0.2, 0.25) is 5.15 Å². The Bertz CT molecular complexity index is 815. The van der Waals surface area contributed by atoms with Gasteiger partial charge in [0.2, 0.25) is 5.95 Å². The highest BCUT2D eigenvalue weighted by Crippen LogP contribution is 2.35. The van der Waals surface area contributed by atoms with Crippen LogP contribution in [0.1, 0.15) is 52.0 Å². The fourth-order valence-electron chi connectivity index (χ4n) is 3.27. The van der Waals surface area contributed by atoms with Crippen LogP contribution in [0.25, 0.3) is 10.9 Å². The Morgan fingerprint density at radius 2 is 1.74 bits per heavy atom. The third-order valence-corrected chi connectivity index (χ3v) is 4.71. The maximum Gasteiger partial charge on any atom is 0.419 e. The first-order valence-corrected chi connectivity index (χ1v) is 9.23. The van der Waals surface area contributed by atoms with Crippen LogP contribution in [0.5, 0.6) is 0 Å². The largest absolute Gasteiger partial charge is 0.419 e. The predicted molar refractivity (Wildman–Crippen MR) is 97.8 cm³/mol. The lowest BCUT2D eigenvalue weighted by Crippen LogP contribution is -2.34. The molecule has 0 spiro atoms. The number of rotatable bonds is 3. The summed E-state index contributed by atoms with van der Waals surface area (Å²) in [5.74, 6) is 0.162. The minimum absolute atomic E-state index is 0.0515. The number of hydrogen-bond acceptors (Lipinski definition) is 5. The zero-order chi connectivity index (χ0) is 19.8. The molecule has 2 aromatic rings. The van der Waals surface area contributed by atoms with Gasteiger partial charge in [0.05, 0.1) is 22.6 Å². The smallest absolute Gasteiger partial charge is 0.373 e. The predicted octanol–water partition coefficient (Wildman–Crippen LogP) is 5.24. The highest BCUT2D eigenvalue weighted by Gasteiger charge is 2.35. The van der Waals surface area contributed by atoms with Gasteiger partial charge in [-0.1, -0.05) is 11.6 Å². The minimum Gasteiger partial charge on any atom is -0.373 e. The van der Waals surface area contributed by atoms with Gasteiger partial charge in [-0.05, 0) is 46.5 Å². The van der Waals surface area contributed by atoms with Gasteiger partial charge in [0.15, 0.2) is 0 Å². The summed E-state index contributed by atoms with van der Waals surface area (Å²) in [4.78, 5) is 11.8. The number of fused-ring (bicyclic) bond motifs is 1.